The fourth-order valence-electron chi connectivity index (χ4n) is 8.00. The maximum Gasteiger partial charge on any atom is 0.159 e. The van der Waals surface area contributed by atoms with Crippen LogP contribution in [0.5, 0.6) is 0 Å². The van der Waals surface area contributed by atoms with Crippen LogP contribution in [0.15, 0.2) is 23.8 Å². The Hall–Kier alpha value is -1.18. The van der Waals surface area contributed by atoms with Crippen LogP contribution in [0.25, 0.3) is 0 Å². The first-order valence-corrected chi connectivity index (χ1v) is 12.5. The van der Waals surface area contributed by atoms with E-state index in [4.69, 9.17) is 0 Å². The molecule has 0 amide bonds. The van der Waals surface area contributed by atoms with E-state index in [0.29, 0.717) is 53.8 Å². The molecule has 2 nitrogen and oxygen atoms in total. The number of fused-ring (bicyclic) bond motifs is 5. The van der Waals surface area contributed by atoms with E-state index >= 15 is 0 Å². The van der Waals surface area contributed by atoms with Crippen molar-refractivity contribution < 1.29 is 9.59 Å². The number of carbonyl (C=O) groups is 2. The van der Waals surface area contributed by atoms with Gasteiger partial charge < -0.3 is 0 Å². The van der Waals surface area contributed by atoms with Gasteiger partial charge in [0.05, 0.1) is 0 Å². The fraction of sp³-hybridized carbons (Fsp3) is 0.786. The van der Waals surface area contributed by atoms with Gasteiger partial charge in [-0.2, -0.15) is 0 Å². The molecular formula is C28H42O2. The number of carbonyl (C=O) groups excluding carboxylic acids is 2. The van der Waals surface area contributed by atoms with E-state index in [2.05, 4.69) is 53.7 Å². The van der Waals surface area contributed by atoms with E-state index in [1.165, 1.54) is 25.7 Å². The lowest BCUT2D eigenvalue weighted by molar-refractivity contribution is -0.131. The molecule has 0 spiro atoms. The Kier molecular flexibility index (Phi) is 5.69. The van der Waals surface area contributed by atoms with E-state index in [1.54, 1.807) is 6.08 Å². The van der Waals surface area contributed by atoms with Crippen LogP contribution in [0.3, 0.4) is 0 Å². The molecule has 0 N–H and O–H groups in total. The largest absolute Gasteiger partial charge is 0.295 e. The van der Waals surface area contributed by atoms with Crippen molar-refractivity contribution in [3.8, 4) is 0 Å². The summed E-state index contributed by atoms with van der Waals surface area (Å²) in [4.78, 5) is 25.2. The topological polar surface area (TPSA) is 34.1 Å². The number of allylic oxidation sites excluding steroid dienone is 3. The standard InChI is InChI=1S/C28H42O2/c1-17(2)18(3)7-8-19(4)22-9-10-23-21-16-26(30)25-15-20(29)11-13-28(25,6)24(21)12-14-27(22,23)5/h7-8,15,17-19,21-24H,9-14,16H2,1-6H3/t18-,19+,21-,22+,23-,24-,27+,28+/m0/s1. The Morgan fingerprint density at radius 1 is 0.967 bits per heavy atom. The first-order chi connectivity index (χ1) is 14.1. The van der Waals surface area contributed by atoms with Gasteiger partial charge in [-0.05, 0) is 90.4 Å². The molecule has 0 radical (unpaired) electrons. The molecule has 0 bridgehead atoms. The molecule has 0 aromatic heterocycles. The number of hydrogen-bond donors (Lipinski definition) is 0. The summed E-state index contributed by atoms with van der Waals surface area (Å²) in [5, 5.41) is 0. The Morgan fingerprint density at radius 2 is 1.70 bits per heavy atom. The minimum Gasteiger partial charge on any atom is -0.295 e. The maximum atomic E-state index is 13.2. The van der Waals surface area contributed by atoms with Gasteiger partial charge in [0.25, 0.3) is 0 Å². The highest BCUT2D eigenvalue weighted by Gasteiger charge is 2.60. The lowest BCUT2D eigenvalue weighted by Gasteiger charge is -2.57. The van der Waals surface area contributed by atoms with Crippen molar-refractivity contribution in [3.05, 3.63) is 23.8 Å². The molecule has 3 saturated carbocycles. The van der Waals surface area contributed by atoms with Crippen LogP contribution >= 0.6 is 0 Å². The quantitative estimate of drug-likeness (QED) is 0.478. The molecule has 0 aliphatic heterocycles. The number of rotatable bonds is 4. The van der Waals surface area contributed by atoms with Crippen LogP contribution in [0, 0.1) is 52.3 Å². The Labute approximate surface area is 184 Å². The van der Waals surface area contributed by atoms with Crippen molar-refractivity contribution >= 4 is 11.6 Å². The third-order valence-electron chi connectivity index (χ3n) is 10.3. The first kappa shape index (κ1) is 22.0. The predicted molar refractivity (Wildman–Crippen MR) is 123 cm³/mol. The second-order valence-corrected chi connectivity index (χ2v) is 12.0. The van der Waals surface area contributed by atoms with Crippen LogP contribution in [0.4, 0.5) is 0 Å². The molecule has 0 aromatic rings. The van der Waals surface area contributed by atoms with Gasteiger partial charge in [0.2, 0.25) is 0 Å². The number of ketones is 2. The zero-order valence-electron chi connectivity index (χ0n) is 20.0. The van der Waals surface area contributed by atoms with E-state index in [0.717, 1.165) is 17.9 Å². The predicted octanol–water partition coefficient (Wildman–Crippen LogP) is 6.80. The first-order valence-electron chi connectivity index (χ1n) is 12.5. The van der Waals surface area contributed by atoms with Crippen LogP contribution in [-0.4, -0.2) is 11.6 Å². The van der Waals surface area contributed by atoms with Gasteiger partial charge in [0.15, 0.2) is 11.6 Å². The van der Waals surface area contributed by atoms with Gasteiger partial charge in [-0.3, -0.25) is 9.59 Å². The Balaban J connectivity index is 1.57. The van der Waals surface area contributed by atoms with Crippen molar-refractivity contribution in [1.29, 1.82) is 0 Å². The third-order valence-corrected chi connectivity index (χ3v) is 10.3. The summed E-state index contributed by atoms with van der Waals surface area (Å²) in [5.41, 5.74) is 1.16. The average molecular weight is 411 g/mol. The highest BCUT2D eigenvalue weighted by Crippen LogP contribution is 2.67. The normalized spacial score (nSPS) is 43.2. The summed E-state index contributed by atoms with van der Waals surface area (Å²) < 4.78 is 0. The summed E-state index contributed by atoms with van der Waals surface area (Å²) in [6.45, 7) is 14.2. The zero-order valence-corrected chi connectivity index (χ0v) is 20.0. The fourth-order valence-corrected chi connectivity index (χ4v) is 8.00. The van der Waals surface area contributed by atoms with Crippen molar-refractivity contribution in [2.24, 2.45) is 52.3 Å². The second-order valence-electron chi connectivity index (χ2n) is 12.0. The van der Waals surface area contributed by atoms with Crippen LogP contribution < -0.4 is 0 Å². The summed E-state index contributed by atoms with van der Waals surface area (Å²) in [7, 11) is 0. The van der Waals surface area contributed by atoms with Crippen LogP contribution in [0.1, 0.15) is 86.5 Å². The smallest absolute Gasteiger partial charge is 0.159 e. The van der Waals surface area contributed by atoms with E-state index in [-0.39, 0.29) is 17.0 Å². The molecule has 30 heavy (non-hydrogen) atoms. The molecule has 0 heterocycles. The van der Waals surface area contributed by atoms with Gasteiger partial charge in [-0.1, -0.05) is 53.7 Å². The Morgan fingerprint density at radius 3 is 2.40 bits per heavy atom. The molecule has 2 heteroatoms. The highest BCUT2D eigenvalue weighted by molar-refractivity contribution is 6.05. The number of Topliss-reactive ketones (excluding diaryl/α,β-unsaturated/α-hetero) is 1. The van der Waals surface area contributed by atoms with Crippen molar-refractivity contribution in [1.82, 2.24) is 0 Å². The van der Waals surface area contributed by atoms with E-state index in [9.17, 15) is 9.59 Å². The minimum atomic E-state index is -0.0639. The molecule has 8 atom stereocenters. The highest BCUT2D eigenvalue weighted by atomic mass is 16.1. The second kappa shape index (κ2) is 7.75. The van der Waals surface area contributed by atoms with Gasteiger partial charge in [0.1, 0.15) is 0 Å². The lowest BCUT2D eigenvalue weighted by Crippen LogP contribution is -2.53. The summed E-state index contributed by atoms with van der Waals surface area (Å²) in [5.74, 6) is 4.85. The Bertz CT molecular complexity index is 774. The zero-order chi connectivity index (χ0) is 21.8. The van der Waals surface area contributed by atoms with Crippen LogP contribution in [-0.2, 0) is 9.59 Å². The van der Waals surface area contributed by atoms with Crippen LogP contribution in [0.2, 0.25) is 0 Å². The summed E-state index contributed by atoms with van der Waals surface area (Å²) in [6, 6.07) is 0. The molecule has 0 unspecified atom stereocenters. The molecule has 0 aromatic carbocycles. The maximum absolute atomic E-state index is 13.2. The van der Waals surface area contributed by atoms with Gasteiger partial charge in [0, 0.05) is 18.4 Å². The molecule has 166 valence electrons. The monoisotopic (exact) mass is 410 g/mol. The molecular weight excluding hydrogens is 368 g/mol. The van der Waals surface area contributed by atoms with Gasteiger partial charge >= 0.3 is 0 Å². The van der Waals surface area contributed by atoms with E-state index < -0.39 is 0 Å². The van der Waals surface area contributed by atoms with Gasteiger partial charge in [-0.25, -0.2) is 0 Å². The third kappa shape index (κ3) is 3.37. The van der Waals surface area contributed by atoms with Crippen molar-refractivity contribution in [2.75, 3.05) is 0 Å². The molecule has 3 fully saturated rings. The summed E-state index contributed by atoms with van der Waals surface area (Å²) in [6.07, 6.45) is 13.9. The molecule has 0 saturated heterocycles. The lowest BCUT2D eigenvalue weighted by atomic mass is 9.46. The van der Waals surface area contributed by atoms with Gasteiger partial charge in [-0.15, -0.1) is 0 Å². The molecule has 4 aliphatic rings. The molecule has 4 aliphatic carbocycles. The van der Waals surface area contributed by atoms with E-state index in [1.807, 2.05) is 0 Å². The SMILES string of the molecule is CC(C)[C@@H](C)C=C[C@@H](C)[C@H]1CC[C@H]2[C@@H]3CC(=O)C4=CC(=O)CC[C@]4(C)[C@H]3CC[C@]12C. The van der Waals surface area contributed by atoms with Crippen molar-refractivity contribution in [2.45, 2.75) is 86.5 Å². The van der Waals surface area contributed by atoms with Crippen molar-refractivity contribution in [3.63, 3.8) is 0 Å². The number of hydrogen-bond acceptors (Lipinski definition) is 2. The minimum absolute atomic E-state index is 0.0639. The summed E-state index contributed by atoms with van der Waals surface area (Å²) >= 11 is 0. The average Bonchev–Trinajstić information content (AvgIpc) is 3.04. The molecule has 4 rings (SSSR count).